The van der Waals surface area contributed by atoms with E-state index in [0.717, 1.165) is 51.4 Å². The van der Waals surface area contributed by atoms with Gasteiger partial charge < -0.3 is 52.1 Å². The number of aromatic nitrogens is 1. The molecule has 8 aromatic carbocycles. The van der Waals surface area contributed by atoms with Gasteiger partial charge in [-0.25, -0.2) is 9.55 Å². The molecule has 408 valence electrons. The normalized spacial score (nSPS) is 13.8. The minimum Gasteiger partial charge on any atom is -0.497 e. The summed E-state index contributed by atoms with van der Waals surface area (Å²) in [5.74, 6) is 2.25. The number of phosphoric acid groups is 1. The molecule has 1 atom stereocenters. The van der Waals surface area contributed by atoms with E-state index in [4.69, 9.17) is 46.9 Å². The van der Waals surface area contributed by atoms with Crippen LogP contribution in [0, 0.1) is 0 Å². The summed E-state index contributed by atoms with van der Waals surface area (Å²) in [6.45, 7) is 8.26. The number of hydrogen-bond donors (Lipinski definition) is 2. The Bertz CT molecular complexity index is 3960. The number of nitrogens with zero attached hydrogens (tertiary/aromatic N) is 2. The Balaban J connectivity index is 0.630. The van der Waals surface area contributed by atoms with Crippen LogP contribution in [0.4, 0.5) is 5.69 Å². The van der Waals surface area contributed by atoms with E-state index in [1.165, 1.54) is 6.07 Å². The summed E-state index contributed by atoms with van der Waals surface area (Å²) in [5, 5.41) is 7.35. The number of rotatable bonds is 22. The quantitative estimate of drug-likeness (QED) is 0.0282. The van der Waals surface area contributed by atoms with Gasteiger partial charge in [-0.15, -0.1) is 0 Å². The zero-order chi connectivity index (χ0) is 55.2. The smallest absolute Gasteiger partial charge is 0.497 e. The van der Waals surface area contributed by atoms with Crippen LogP contribution in [-0.2, 0) is 23.6 Å². The second-order valence-corrected chi connectivity index (χ2v) is 20.2. The summed E-state index contributed by atoms with van der Waals surface area (Å²) in [7, 11) is -3.14. The van der Waals surface area contributed by atoms with Gasteiger partial charge in [0.15, 0.2) is 23.4 Å². The van der Waals surface area contributed by atoms with Gasteiger partial charge in [-0.1, -0.05) is 72.8 Å². The number of benzene rings is 9. The van der Waals surface area contributed by atoms with Crippen LogP contribution in [0.15, 0.2) is 161 Å². The summed E-state index contributed by atoms with van der Waals surface area (Å²) in [4.78, 5) is 44.2. The lowest BCUT2D eigenvalue weighted by Crippen LogP contribution is -2.31. The van der Waals surface area contributed by atoms with Crippen molar-refractivity contribution >= 4 is 62.8 Å². The highest BCUT2D eigenvalue weighted by Gasteiger charge is 2.38. The van der Waals surface area contributed by atoms with Crippen LogP contribution in [0.2, 0.25) is 0 Å². The number of fused-ring (bicyclic) bond motifs is 11. The van der Waals surface area contributed by atoms with Crippen LogP contribution in [0.3, 0.4) is 0 Å². The minimum absolute atomic E-state index is 0.196. The molecule has 0 radical (unpaired) electrons. The third kappa shape index (κ3) is 11.5. The molecule has 1 unspecified atom stereocenters. The molecule has 80 heavy (non-hydrogen) atoms. The minimum atomic E-state index is -4.74. The highest BCUT2D eigenvalue weighted by atomic mass is 31.2. The number of amides is 1. The van der Waals surface area contributed by atoms with Gasteiger partial charge in [0.05, 0.1) is 46.8 Å². The predicted molar refractivity (Wildman–Crippen MR) is 310 cm³/mol. The van der Waals surface area contributed by atoms with E-state index in [2.05, 4.69) is 24.1 Å². The van der Waals surface area contributed by atoms with E-state index in [1.807, 2.05) is 127 Å². The monoisotopic (exact) mass is 1100 g/mol. The average molecular weight is 1100 g/mol. The third-order valence-electron chi connectivity index (χ3n) is 13.9. The van der Waals surface area contributed by atoms with Crippen molar-refractivity contribution in [3.63, 3.8) is 0 Å². The first-order valence-corrected chi connectivity index (χ1v) is 28.0. The first-order valence-electron chi connectivity index (χ1n) is 26.5. The Kier molecular flexibility index (Phi) is 15.9. The van der Waals surface area contributed by atoms with E-state index in [0.29, 0.717) is 112 Å². The first-order chi connectivity index (χ1) is 39.1. The standard InChI is InChI=1S/C63H58N3O13P/c1-4-66(5-2)44-18-25-54-56(36-44)77-57-38-55(67)50-24-23-47(37-53(50)61(57)65-54)76-39-58(68)64-26-27-72-28-29-73-30-31-74-32-33-75-46-21-16-41(17-22-46)52-35-43-11-7-9-13-49(43)60-59-48-12-8-6-10-42(48)34-51(40-14-19-45(71-3)20-15-40)62(59)78-80(69,70)79-63(52)60/h6-25,34-38H,4-5,26-33,39H2,1-3H3,(H,64,68)(H,69,70). The fourth-order valence-corrected chi connectivity index (χ4v) is 10.9. The lowest BCUT2D eigenvalue weighted by molar-refractivity contribution is -0.123. The number of phosphoric ester groups is 1. The molecule has 0 saturated heterocycles. The van der Waals surface area contributed by atoms with Crippen LogP contribution in [0.5, 0.6) is 28.7 Å². The van der Waals surface area contributed by atoms with Crippen LogP contribution in [0.25, 0.3) is 88.3 Å². The summed E-state index contributed by atoms with van der Waals surface area (Å²) in [6, 6.07) is 47.1. The van der Waals surface area contributed by atoms with Crippen LogP contribution < -0.4 is 38.9 Å². The van der Waals surface area contributed by atoms with Crippen LogP contribution in [0.1, 0.15) is 13.8 Å². The van der Waals surface area contributed by atoms with Gasteiger partial charge in [-0.3, -0.25) is 14.5 Å². The lowest BCUT2D eigenvalue weighted by Gasteiger charge is -2.21. The zero-order valence-electron chi connectivity index (χ0n) is 44.4. The van der Waals surface area contributed by atoms with Gasteiger partial charge in [0.1, 0.15) is 46.6 Å². The van der Waals surface area contributed by atoms with E-state index >= 15 is 0 Å². The predicted octanol–water partition coefficient (Wildman–Crippen LogP) is 12.1. The number of hydrogen-bond acceptors (Lipinski definition) is 14. The number of carbonyl (C=O) groups is 1. The largest absolute Gasteiger partial charge is 0.584 e. The Morgan fingerprint density at radius 2 is 1.19 bits per heavy atom. The van der Waals surface area contributed by atoms with E-state index in [-0.39, 0.29) is 42.6 Å². The fraction of sp³-hybridized carbons (Fsp3) is 0.222. The molecule has 2 N–H and O–H groups in total. The van der Waals surface area contributed by atoms with Crippen molar-refractivity contribution in [1.82, 2.24) is 10.3 Å². The molecule has 2 heterocycles. The van der Waals surface area contributed by atoms with Crippen molar-refractivity contribution in [1.29, 1.82) is 0 Å². The SMILES string of the molecule is CCN(CC)c1ccc2nc3c4cc(OCC(=O)NCCOCCOCCOCCOc5ccc(-c6cc7ccccc7c7c6OP(=O)(O)Oc6c(-c8ccc(OC)cc8)cc8ccccc8c6-7)cc5)ccc4c(=O)cc-3oc2c1. The molecule has 0 fully saturated rings. The Hall–Kier alpha value is -8.50. The molecule has 0 bridgehead atoms. The number of methoxy groups -OCH3 is 1. The molecule has 16 nitrogen and oxygen atoms in total. The molecule has 3 aliphatic rings. The molecule has 1 amide bonds. The van der Waals surface area contributed by atoms with Crippen molar-refractivity contribution in [2.75, 3.05) is 84.5 Å². The highest BCUT2D eigenvalue weighted by Crippen LogP contribution is 2.61. The number of anilines is 1. The van der Waals surface area contributed by atoms with Crippen molar-refractivity contribution in [2.24, 2.45) is 0 Å². The van der Waals surface area contributed by atoms with Crippen molar-refractivity contribution < 1.29 is 56.1 Å². The Labute approximate surface area is 461 Å². The summed E-state index contributed by atoms with van der Waals surface area (Å²) in [6.07, 6.45) is 0. The van der Waals surface area contributed by atoms with Crippen LogP contribution >= 0.6 is 7.82 Å². The van der Waals surface area contributed by atoms with Crippen molar-refractivity contribution in [3.05, 3.63) is 162 Å². The second kappa shape index (κ2) is 23.8. The van der Waals surface area contributed by atoms with Gasteiger partial charge in [0.25, 0.3) is 5.91 Å². The van der Waals surface area contributed by atoms with Crippen molar-refractivity contribution in [3.8, 4) is 73.6 Å². The molecule has 0 saturated carbocycles. The van der Waals surface area contributed by atoms with Crippen molar-refractivity contribution in [2.45, 2.75) is 13.8 Å². The maximum atomic E-state index is 14.0. The maximum Gasteiger partial charge on any atom is 0.584 e. The van der Waals surface area contributed by atoms with E-state index in [9.17, 15) is 19.0 Å². The molecule has 11 rings (SSSR count). The van der Waals surface area contributed by atoms with Gasteiger partial charge in [0, 0.05) is 70.5 Å². The van der Waals surface area contributed by atoms with Gasteiger partial charge in [0.2, 0.25) is 0 Å². The maximum absolute atomic E-state index is 14.0. The van der Waals surface area contributed by atoms with Gasteiger partial charge >= 0.3 is 7.82 Å². The Morgan fingerprint density at radius 1 is 0.613 bits per heavy atom. The topological polar surface area (TPSA) is 187 Å². The Morgan fingerprint density at radius 3 is 1.80 bits per heavy atom. The summed E-state index contributed by atoms with van der Waals surface area (Å²) >= 11 is 0. The fourth-order valence-electron chi connectivity index (χ4n) is 10.1. The molecular weight excluding hydrogens is 1040 g/mol. The highest BCUT2D eigenvalue weighted by molar-refractivity contribution is 7.48. The lowest BCUT2D eigenvalue weighted by atomic mass is 9.86. The molecule has 1 aliphatic carbocycles. The number of carbonyl (C=O) groups excluding carboxylic acids is 1. The summed E-state index contributed by atoms with van der Waals surface area (Å²) in [5.41, 5.74) is 6.68. The zero-order valence-corrected chi connectivity index (χ0v) is 45.3. The molecule has 2 aliphatic heterocycles. The molecule has 17 heteroatoms. The summed E-state index contributed by atoms with van der Waals surface area (Å²) < 4.78 is 66.7. The first kappa shape index (κ1) is 53.5. The second-order valence-electron chi connectivity index (χ2n) is 18.9. The average Bonchev–Trinajstić information content (AvgIpc) is 3.39. The van der Waals surface area contributed by atoms with Gasteiger partial charge in [-0.2, -0.15) is 0 Å². The molecule has 0 aromatic heterocycles. The molecule has 8 aromatic rings. The number of ether oxygens (including phenoxy) is 6. The van der Waals surface area contributed by atoms with E-state index < -0.39 is 7.82 Å². The van der Waals surface area contributed by atoms with E-state index in [1.54, 1.807) is 25.3 Å². The van der Waals surface area contributed by atoms with Crippen LogP contribution in [-0.4, -0.2) is 95.4 Å². The third-order valence-corrected chi connectivity index (χ3v) is 14.8. The molecular formula is C63H58N3O13P. The number of nitrogens with one attached hydrogen (secondary N) is 1. The van der Waals surface area contributed by atoms with Gasteiger partial charge in [-0.05, 0) is 113 Å². The molecule has 0 spiro atoms.